The van der Waals surface area contributed by atoms with E-state index >= 15 is 0 Å². The summed E-state index contributed by atoms with van der Waals surface area (Å²) in [5.41, 5.74) is 0. The summed E-state index contributed by atoms with van der Waals surface area (Å²) < 4.78 is 36.3. The molecule has 2 N–H and O–H groups in total. The molecule has 0 heterocycles. The summed E-state index contributed by atoms with van der Waals surface area (Å²) in [6.45, 7) is 3.76. The van der Waals surface area contributed by atoms with Gasteiger partial charge in [0.15, 0.2) is 6.10 Å². The lowest BCUT2D eigenvalue weighted by molar-refractivity contribution is -0.202. The zero-order valence-electron chi connectivity index (χ0n) is 9.72. The molecular weight excluding hydrogens is 219 g/mol. The van der Waals surface area contributed by atoms with Gasteiger partial charge in [-0.1, -0.05) is 20.3 Å². The lowest BCUT2D eigenvalue weighted by Crippen LogP contribution is -2.46. The first-order valence-electron chi connectivity index (χ1n) is 5.79. The molecule has 2 nitrogen and oxygen atoms in total. The Hall–Kier alpha value is -0.290. The third-order valence-electron chi connectivity index (χ3n) is 3.41. The first kappa shape index (κ1) is 13.8. The fraction of sp³-hybridized carbons (Fsp3) is 1.00. The van der Waals surface area contributed by atoms with E-state index in [1.54, 1.807) is 0 Å². The normalized spacial score (nSPS) is 33.8. The molecule has 1 saturated carbocycles. The Bertz CT molecular complexity index is 220. The van der Waals surface area contributed by atoms with E-state index in [4.69, 9.17) is 5.11 Å². The first-order valence-corrected chi connectivity index (χ1v) is 5.79. The number of aliphatic hydroxyl groups excluding tert-OH is 1. The monoisotopic (exact) mass is 239 g/mol. The second kappa shape index (κ2) is 5.36. The van der Waals surface area contributed by atoms with Crippen LogP contribution >= 0.6 is 0 Å². The van der Waals surface area contributed by atoms with Crippen molar-refractivity contribution < 1.29 is 18.3 Å². The third-order valence-corrected chi connectivity index (χ3v) is 3.41. The lowest BCUT2D eigenvalue weighted by Gasteiger charge is -2.34. The molecule has 1 fully saturated rings. The van der Waals surface area contributed by atoms with Gasteiger partial charge in [-0.2, -0.15) is 13.2 Å². The summed E-state index contributed by atoms with van der Waals surface area (Å²) in [5, 5.41) is 11.7. The van der Waals surface area contributed by atoms with Crippen molar-refractivity contribution >= 4 is 0 Å². The van der Waals surface area contributed by atoms with E-state index in [0.29, 0.717) is 11.8 Å². The average Bonchev–Trinajstić information content (AvgIpc) is 2.17. The Kier molecular flexibility index (Phi) is 4.62. The van der Waals surface area contributed by atoms with Gasteiger partial charge >= 0.3 is 6.18 Å². The summed E-state index contributed by atoms with van der Waals surface area (Å²) in [7, 11) is 0. The molecule has 1 aliphatic carbocycles. The Morgan fingerprint density at radius 2 is 1.94 bits per heavy atom. The van der Waals surface area contributed by atoms with Crippen molar-refractivity contribution in [1.29, 1.82) is 0 Å². The highest BCUT2D eigenvalue weighted by atomic mass is 19.4. The number of hydrogen-bond acceptors (Lipinski definition) is 2. The van der Waals surface area contributed by atoms with Crippen LogP contribution in [0, 0.1) is 11.8 Å². The van der Waals surface area contributed by atoms with Crippen molar-refractivity contribution in [3.05, 3.63) is 0 Å². The number of alkyl halides is 3. The molecule has 1 aliphatic rings. The van der Waals surface area contributed by atoms with E-state index in [2.05, 4.69) is 12.2 Å². The summed E-state index contributed by atoms with van der Waals surface area (Å²) in [6.07, 6.45) is -3.69. The van der Waals surface area contributed by atoms with Gasteiger partial charge in [-0.25, -0.2) is 0 Å². The second-order valence-electron chi connectivity index (χ2n) is 4.97. The number of aliphatic hydroxyl groups is 1. The zero-order valence-corrected chi connectivity index (χ0v) is 9.72. The molecule has 4 unspecified atom stereocenters. The van der Waals surface area contributed by atoms with Crippen LogP contribution in [-0.2, 0) is 0 Å². The van der Waals surface area contributed by atoms with Gasteiger partial charge in [-0.15, -0.1) is 0 Å². The maximum Gasteiger partial charge on any atom is 0.415 e. The highest BCUT2D eigenvalue weighted by Gasteiger charge is 2.38. The van der Waals surface area contributed by atoms with Gasteiger partial charge in [0, 0.05) is 12.6 Å². The van der Waals surface area contributed by atoms with Crippen LogP contribution in [0.3, 0.4) is 0 Å². The Morgan fingerprint density at radius 3 is 2.50 bits per heavy atom. The predicted octanol–water partition coefficient (Wildman–Crippen LogP) is 2.32. The van der Waals surface area contributed by atoms with Crippen molar-refractivity contribution in [2.45, 2.75) is 51.4 Å². The first-order chi connectivity index (χ1) is 7.30. The molecule has 0 spiro atoms. The van der Waals surface area contributed by atoms with Crippen molar-refractivity contribution in [3.8, 4) is 0 Å². The fourth-order valence-electron chi connectivity index (χ4n) is 2.20. The SMILES string of the molecule is CC1CCC(C)C(NCC(O)C(F)(F)F)C1. The van der Waals surface area contributed by atoms with Crippen molar-refractivity contribution in [2.75, 3.05) is 6.54 Å². The van der Waals surface area contributed by atoms with Gasteiger partial charge in [0.25, 0.3) is 0 Å². The Balaban J connectivity index is 2.36. The summed E-state index contributed by atoms with van der Waals surface area (Å²) in [6, 6.07) is 0.0979. The minimum absolute atomic E-state index is 0.0979. The zero-order chi connectivity index (χ0) is 12.3. The van der Waals surface area contributed by atoms with E-state index in [1.807, 2.05) is 6.92 Å². The quantitative estimate of drug-likeness (QED) is 0.792. The second-order valence-corrected chi connectivity index (χ2v) is 4.97. The highest BCUT2D eigenvalue weighted by Crippen LogP contribution is 2.28. The molecule has 0 amide bonds. The van der Waals surface area contributed by atoms with Crippen LogP contribution in [0.2, 0.25) is 0 Å². The van der Waals surface area contributed by atoms with Crippen LogP contribution in [0.4, 0.5) is 13.2 Å². The highest BCUT2D eigenvalue weighted by molar-refractivity contribution is 4.82. The van der Waals surface area contributed by atoms with Gasteiger partial charge in [-0.05, 0) is 24.7 Å². The van der Waals surface area contributed by atoms with E-state index in [-0.39, 0.29) is 6.04 Å². The Morgan fingerprint density at radius 1 is 1.31 bits per heavy atom. The van der Waals surface area contributed by atoms with Crippen molar-refractivity contribution in [2.24, 2.45) is 11.8 Å². The average molecular weight is 239 g/mol. The molecule has 0 aromatic carbocycles. The molecule has 0 radical (unpaired) electrons. The molecule has 96 valence electrons. The van der Waals surface area contributed by atoms with Gasteiger partial charge in [0.05, 0.1) is 0 Å². The summed E-state index contributed by atoms with van der Waals surface area (Å²) >= 11 is 0. The third kappa shape index (κ3) is 3.94. The maximum absolute atomic E-state index is 12.1. The summed E-state index contributed by atoms with van der Waals surface area (Å²) in [4.78, 5) is 0. The van der Waals surface area contributed by atoms with Gasteiger partial charge < -0.3 is 10.4 Å². The minimum atomic E-state index is -4.52. The van der Waals surface area contributed by atoms with Gasteiger partial charge in [0.1, 0.15) is 0 Å². The van der Waals surface area contributed by atoms with Crippen LogP contribution in [0.5, 0.6) is 0 Å². The van der Waals surface area contributed by atoms with Gasteiger partial charge in [0.2, 0.25) is 0 Å². The number of rotatable bonds is 3. The van der Waals surface area contributed by atoms with Gasteiger partial charge in [-0.3, -0.25) is 0 Å². The molecule has 0 aromatic heterocycles. The number of nitrogens with one attached hydrogen (secondary N) is 1. The number of halogens is 3. The number of hydrogen-bond donors (Lipinski definition) is 2. The van der Waals surface area contributed by atoms with E-state index in [9.17, 15) is 13.2 Å². The van der Waals surface area contributed by atoms with E-state index in [0.717, 1.165) is 19.3 Å². The lowest BCUT2D eigenvalue weighted by atomic mass is 9.80. The minimum Gasteiger partial charge on any atom is -0.382 e. The van der Waals surface area contributed by atoms with Crippen LogP contribution in [-0.4, -0.2) is 30.0 Å². The maximum atomic E-state index is 12.1. The predicted molar refractivity (Wildman–Crippen MR) is 56.0 cm³/mol. The molecule has 16 heavy (non-hydrogen) atoms. The van der Waals surface area contributed by atoms with Crippen LogP contribution in [0.15, 0.2) is 0 Å². The van der Waals surface area contributed by atoms with Crippen LogP contribution in [0.1, 0.15) is 33.1 Å². The molecule has 1 rings (SSSR count). The smallest absolute Gasteiger partial charge is 0.382 e. The van der Waals surface area contributed by atoms with Crippen molar-refractivity contribution in [1.82, 2.24) is 5.32 Å². The molecular formula is C11H20F3NO. The molecule has 0 aromatic rings. The topological polar surface area (TPSA) is 32.3 Å². The summed E-state index contributed by atoms with van der Waals surface area (Å²) in [5.74, 6) is 0.938. The standard InChI is InChI=1S/C11H20F3NO/c1-7-3-4-8(2)9(5-7)15-6-10(16)11(12,13)14/h7-10,15-16H,3-6H2,1-2H3. The van der Waals surface area contributed by atoms with Crippen LogP contribution < -0.4 is 5.32 Å². The molecule has 0 bridgehead atoms. The van der Waals surface area contributed by atoms with E-state index in [1.165, 1.54) is 0 Å². The Labute approximate surface area is 94.2 Å². The molecule has 4 atom stereocenters. The molecule has 0 saturated heterocycles. The van der Waals surface area contributed by atoms with Crippen molar-refractivity contribution in [3.63, 3.8) is 0 Å². The molecule has 5 heteroatoms. The van der Waals surface area contributed by atoms with E-state index < -0.39 is 18.8 Å². The molecule has 0 aliphatic heterocycles. The fourth-order valence-corrected chi connectivity index (χ4v) is 2.20. The largest absolute Gasteiger partial charge is 0.415 e. The van der Waals surface area contributed by atoms with Crippen LogP contribution in [0.25, 0.3) is 0 Å².